The average molecular weight is 464 g/mol. The third-order valence-electron chi connectivity index (χ3n) is 5.39. The number of fused-ring (bicyclic) bond motifs is 1. The van der Waals surface area contributed by atoms with E-state index >= 15 is 0 Å². The molecule has 1 aromatic carbocycles. The number of thioether (sulfide) groups is 1. The van der Waals surface area contributed by atoms with Gasteiger partial charge in [-0.15, -0.1) is 5.10 Å². The highest BCUT2D eigenvalue weighted by molar-refractivity contribution is 8.26. The molecule has 10 heteroatoms. The van der Waals surface area contributed by atoms with Crippen molar-refractivity contribution in [2.75, 3.05) is 19.7 Å². The van der Waals surface area contributed by atoms with Gasteiger partial charge < -0.3 is 14.1 Å². The van der Waals surface area contributed by atoms with Crippen molar-refractivity contribution in [1.29, 1.82) is 5.41 Å². The first-order valence-corrected chi connectivity index (χ1v) is 11.5. The monoisotopic (exact) mass is 463 g/mol. The van der Waals surface area contributed by atoms with Crippen LogP contribution >= 0.6 is 11.8 Å². The van der Waals surface area contributed by atoms with E-state index in [1.165, 1.54) is 22.8 Å². The van der Waals surface area contributed by atoms with E-state index < -0.39 is 11.9 Å². The predicted molar refractivity (Wildman–Crippen MR) is 126 cm³/mol. The summed E-state index contributed by atoms with van der Waals surface area (Å²) < 4.78 is 10.9. The number of rotatable bonds is 4. The zero-order chi connectivity index (χ0) is 22.9. The summed E-state index contributed by atoms with van der Waals surface area (Å²) in [5.41, 5.74) is 1.23. The van der Waals surface area contributed by atoms with E-state index in [9.17, 15) is 9.59 Å². The molecule has 4 heterocycles. The van der Waals surface area contributed by atoms with E-state index in [-0.39, 0.29) is 11.4 Å². The molecular formula is C23H21N5O4S. The highest BCUT2D eigenvalue weighted by Gasteiger charge is 2.37. The maximum atomic E-state index is 12.6. The molecule has 1 saturated heterocycles. The minimum absolute atomic E-state index is 0.0334. The SMILES string of the molecule is CCOC(=O)c1cccc(-c2ccc(/C=C3\C(=N)N4N=C(N5CCCC5)SC4=NC3=O)o2)c1. The summed E-state index contributed by atoms with van der Waals surface area (Å²) >= 11 is 1.32. The lowest BCUT2D eigenvalue weighted by molar-refractivity contribution is -0.114. The second-order valence-electron chi connectivity index (χ2n) is 7.60. The third-order valence-corrected chi connectivity index (χ3v) is 6.36. The lowest BCUT2D eigenvalue weighted by Crippen LogP contribution is -2.35. The Kier molecular flexibility index (Phi) is 5.59. The van der Waals surface area contributed by atoms with Crippen molar-refractivity contribution >= 4 is 45.9 Å². The summed E-state index contributed by atoms with van der Waals surface area (Å²) in [4.78, 5) is 30.9. The average Bonchev–Trinajstić information content (AvgIpc) is 3.57. The quantitative estimate of drug-likeness (QED) is 0.542. The molecule has 5 rings (SSSR count). The lowest BCUT2D eigenvalue weighted by Gasteiger charge is -2.19. The van der Waals surface area contributed by atoms with Gasteiger partial charge in [-0.3, -0.25) is 10.2 Å². The number of nitrogens with zero attached hydrogens (tertiary/aromatic N) is 4. The Morgan fingerprint density at radius 2 is 2.06 bits per heavy atom. The van der Waals surface area contributed by atoms with E-state index in [1.807, 2.05) is 6.07 Å². The van der Waals surface area contributed by atoms with Gasteiger partial charge in [0.15, 0.2) is 11.0 Å². The fraction of sp³-hybridized carbons (Fsp3) is 0.261. The number of amides is 1. The summed E-state index contributed by atoms with van der Waals surface area (Å²) in [6, 6.07) is 10.4. The number of aliphatic imine (C=N–C) groups is 1. The maximum Gasteiger partial charge on any atom is 0.338 e. The molecule has 1 amide bonds. The van der Waals surface area contributed by atoms with Crippen molar-refractivity contribution in [3.05, 3.63) is 53.3 Å². The zero-order valence-corrected chi connectivity index (χ0v) is 18.7. The molecule has 0 aliphatic carbocycles. The molecule has 1 N–H and O–H groups in total. The normalized spacial score (nSPS) is 19.1. The number of nitrogens with one attached hydrogen (secondary N) is 1. The summed E-state index contributed by atoms with van der Waals surface area (Å²) in [5.74, 6) is -0.0136. The Balaban J connectivity index is 1.39. The van der Waals surface area contributed by atoms with Crippen LogP contribution in [0.3, 0.4) is 0 Å². The van der Waals surface area contributed by atoms with E-state index in [0.29, 0.717) is 34.4 Å². The fourth-order valence-electron chi connectivity index (χ4n) is 3.76. The van der Waals surface area contributed by atoms with Crippen molar-refractivity contribution in [3.8, 4) is 11.3 Å². The van der Waals surface area contributed by atoms with Crippen LogP contribution in [0.25, 0.3) is 17.4 Å². The van der Waals surface area contributed by atoms with Gasteiger partial charge >= 0.3 is 5.97 Å². The van der Waals surface area contributed by atoms with Crippen LogP contribution in [0.1, 0.15) is 35.9 Å². The number of ether oxygens (including phenoxy) is 1. The number of benzene rings is 1. The van der Waals surface area contributed by atoms with E-state index in [2.05, 4.69) is 15.0 Å². The topological polar surface area (TPSA) is 112 Å². The van der Waals surface area contributed by atoms with Gasteiger partial charge in [-0.25, -0.2) is 4.79 Å². The summed E-state index contributed by atoms with van der Waals surface area (Å²) in [6.45, 7) is 3.89. The molecule has 2 aromatic rings. The molecule has 1 aromatic heterocycles. The first-order valence-electron chi connectivity index (χ1n) is 10.7. The standard InChI is InChI=1S/C23H21N5O4S/c1-2-31-21(30)15-7-5-6-14(12-15)18-9-8-16(32-18)13-17-19(24)28-22(25-20(17)29)33-23(26-28)27-10-3-4-11-27/h5-9,12-13,24H,2-4,10-11H2,1H3/b17-13+,24-19?. The Hall–Kier alpha value is -3.66. The second-order valence-corrected chi connectivity index (χ2v) is 8.53. The van der Waals surface area contributed by atoms with Gasteiger partial charge in [0.25, 0.3) is 5.91 Å². The van der Waals surface area contributed by atoms with Crippen LogP contribution in [0, 0.1) is 5.41 Å². The molecule has 0 saturated carbocycles. The number of amidine groups is 3. The molecular weight excluding hydrogens is 442 g/mol. The van der Waals surface area contributed by atoms with Gasteiger partial charge in [0.05, 0.1) is 17.7 Å². The van der Waals surface area contributed by atoms with Gasteiger partial charge in [0.1, 0.15) is 11.5 Å². The van der Waals surface area contributed by atoms with Crippen molar-refractivity contribution in [3.63, 3.8) is 0 Å². The highest BCUT2D eigenvalue weighted by atomic mass is 32.2. The van der Waals surface area contributed by atoms with Gasteiger partial charge in [-0.05, 0) is 61.9 Å². The zero-order valence-electron chi connectivity index (χ0n) is 17.9. The first kappa shape index (κ1) is 21.2. The van der Waals surface area contributed by atoms with Crippen LogP contribution in [-0.4, -0.2) is 57.7 Å². The van der Waals surface area contributed by atoms with Crippen molar-refractivity contribution in [2.45, 2.75) is 19.8 Å². The summed E-state index contributed by atoms with van der Waals surface area (Å²) in [6.07, 6.45) is 3.71. The number of likely N-dealkylation sites (tertiary alicyclic amines) is 1. The summed E-state index contributed by atoms with van der Waals surface area (Å²) in [5, 5.41) is 15.6. The molecule has 0 bridgehead atoms. The van der Waals surface area contributed by atoms with Crippen LogP contribution in [0.4, 0.5) is 0 Å². The van der Waals surface area contributed by atoms with E-state index in [0.717, 1.165) is 31.1 Å². The number of esters is 1. The lowest BCUT2D eigenvalue weighted by atomic mass is 10.1. The summed E-state index contributed by atoms with van der Waals surface area (Å²) in [7, 11) is 0. The number of hydrazone groups is 1. The van der Waals surface area contributed by atoms with Gasteiger partial charge in [-0.1, -0.05) is 12.1 Å². The smallest absolute Gasteiger partial charge is 0.338 e. The molecule has 0 radical (unpaired) electrons. The van der Waals surface area contributed by atoms with E-state index in [1.54, 1.807) is 37.3 Å². The first-order chi connectivity index (χ1) is 16.0. The molecule has 0 unspecified atom stereocenters. The van der Waals surface area contributed by atoms with Crippen LogP contribution in [0.5, 0.6) is 0 Å². The molecule has 0 spiro atoms. The minimum Gasteiger partial charge on any atom is -0.462 e. The second kappa shape index (κ2) is 8.70. The maximum absolute atomic E-state index is 12.6. The van der Waals surface area contributed by atoms with Gasteiger partial charge in [0, 0.05) is 18.7 Å². The molecule has 0 atom stereocenters. The predicted octanol–water partition coefficient (Wildman–Crippen LogP) is 3.80. The Labute approximate surface area is 194 Å². The minimum atomic E-state index is -0.501. The Morgan fingerprint density at radius 1 is 1.24 bits per heavy atom. The van der Waals surface area contributed by atoms with Crippen molar-refractivity contribution in [1.82, 2.24) is 9.91 Å². The van der Waals surface area contributed by atoms with Crippen molar-refractivity contribution in [2.24, 2.45) is 10.1 Å². The number of hydrogen-bond donors (Lipinski definition) is 1. The number of furan rings is 1. The Bertz CT molecular complexity index is 1240. The number of carbonyl (C=O) groups is 2. The number of carbonyl (C=O) groups excluding carboxylic acids is 2. The fourth-order valence-corrected chi connectivity index (χ4v) is 4.70. The van der Waals surface area contributed by atoms with Gasteiger partial charge in [-0.2, -0.15) is 10.0 Å². The van der Waals surface area contributed by atoms with Crippen molar-refractivity contribution < 1.29 is 18.7 Å². The van der Waals surface area contributed by atoms with Crippen LogP contribution < -0.4 is 0 Å². The molecule has 3 aliphatic rings. The van der Waals surface area contributed by atoms with Crippen LogP contribution in [0.2, 0.25) is 0 Å². The molecule has 1 fully saturated rings. The molecule has 33 heavy (non-hydrogen) atoms. The van der Waals surface area contributed by atoms with E-state index in [4.69, 9.17) is 14.6 Å². The molecule has 168 valence electrons. The Morgan fingerprint density at radius 3 is 2.85 bits per heavy atom. The van der Waals surface area contributed by atoms with Crippen LogP contribution in [0.15, 0.2) is 56.5 Å². The van der Waals surface area contributed by atoms with Crippen LogP contribution in [-0.2, 0) is 9.53 Å². The highest BCUT2D eigenvalue weighted by Crippen LogP contribution is 2.31. The number of hydrogen-bond acceptors (Lipinski definition) is 8. The molecule has 9 nitrogen and oxygen atoms in total. The van der Waals surface area contributed by atoms with Gasteiger partial charge in [0.2, 0.25) is 5.17 Å². The largest absolute Gasteiger partial charge is 0.462 e. The molecule has 3 aliphatic heterocycles. The third kappa shape index (κ3) is 4.09.